The van der Waals surface area contributed by atoms with Gasteiger partial charge in [0.2, 0.25) is 5.79 Å². The van der Waals surface area contributed by atoms with Gasteiger partial charge in [-0.25, -0.2) is 0 Å². The van der Waals surface area contributed by atoms with E-state index in [0.29, 0.717) is 6.61 Å². The minimum absolute atomic E-state index is 0.488. The largest absolute Gasteiger partial charge is 0.463 e. The van der Waals surface area contributed by atoms with Crippen LogP contribution in [0.1, 0.15) is 13.8 Å². The molecule has 0 aromatic rings. The maximum Gasteiger partial charge on any atom is 0.205 e. The average molecular weight is 140 g/mol. The second kappa shape index (κ2) is 2.46. The third kappa shape index (κ3) is 1.61. The van der Waals surface area contributed by atoms with Crippen LogP contribution in [-0.2, 0) is 9.47 Å². The van der Waals surface area contributed by atoms with E-state index in [0.717, 1.165) is 5.76 Å². The van der Waals surface area contributed by atoms with Crippen molar-refractivity contribution in [3.63, 3.8) is 0 Å². The Morgan fingerprint density at radius 1 is 1.70 bits per heavy atom. The van der Waals surface area contributed by atoms with Crippen molar-refractivity contribution in [1.82, 2.24) is 0 Å². The van der Waals surface area contributed by atoms with Gasteiger partial charge in [-0.2, -0.15) is 0 Å². The van der Waals surface area contributed by atoms with Gasteiger partial charge >= 0.3 is 0 Å². The molecule has 0 saturated carbocycles. The quantitative estimate of drug-likeness (QED) is 0.553. The average Bonchev–Trinajstić information content (AvgIpc) is 1.86. The zero-order valence-electron chi connectivity index (χ0n) is 6.39. The summed E-state index contributed by atoms with van der Waals surface area (Å²) in [6, 6.07) is 0. The molecule has 0 fully saturated rings. The Morgan fingerprint density at radius 2 is 2.40 bits per heavy atom. The van der Waals surface area contributed by atoms with Crippen LogP contribution < -0.4 is 0 Å². The first kappa shape index (κ1) is 7.35. The van der Waals surface area contributed by atoms with Crippen molar-refractivity contribution in [3.8, 4) is 0 Å². The molecule has 10 heavy (non-hydrogen) atoms. The third-order valence-corrected chi connectivity index (χ3v) is 1.28. The van der Waals surface area contributed by atoms with E-state index >= 15 is 0 Å². The minimum atomic E-state index is -0.488. The lowest BCUT2D eigenvalue weighted by atomic mass is 10.3. The van der Waals surface area contributed by atoms with Gasteiger partial charge in [-0.15, -0.1) is 0 Å². The number of rotatable bonds is 1. The third-order valence-electron chi connectivity index (χ3n) is 1.28. The highest BCUT2D eigenvalue weighted by Gasteiger charge is 2.22. The van der Waals surface area contributed by atoms with Gasteiger partial charge in [-0.05, 0) is 12.2 Å². The summed E-state index contributed by atoms with van der Waals surface area (Å²) in [6.45, 7) is 7.96. The predicted octanol–water partition coefficient (Wildman–Crippen LogP) is 1.84. The standard InChI is InChI=1S/C8H12O2/c1-4-7-5-6-9-8(2,3)10-7/h4-5H,1,6H2,2-3H3. The Kier molecular flexibility index (Phi) is 1.81. The van der Waals surface area contributed by atoms with Crippen molar-refractivity contribution in [2.45, 2.75) is 19.6 Å². The fourth-order valence-corrected chi connectivity index (χ4v) is 0.804. The van der Waals surface area contributed by atoms with Crippen molar-refractivity contribution in [3.05, 3.63) is 24.5 Å². The van der Waals surface area contributed by atoms with Gasteiger partial charge in [-0.1, -0.05) is 6.58 Å². The lowest BCUT2D eigenvalue weighted by Gasteiger charge is -2.30. The zero-order valence-corrected chi connectivity index (χ0v) is 6.39. The van der Waals surface area contributed by atoms with E-state index in [1.807, 2.05) is 19.9 Å². The molecule has 0 aromatic heterocycles. The molecule has 0 saturated heterocycles. The van der Waals surface area contributed by atoms with Gasteiger partial charge in [0.05, 0.1) is 6.61 Å². The molecule has 1 aliphatic heterocycles. The molecule has 2 nitrogen and oxygen atoms in total. The molecule has 1 heterocycles. The van der Waals surface area contributed by atoms with Crippen LogP contribution in [0.2, 0.25) is 0 Å². The Morgan fingerprint density at radius 3 is 2.80 bits per heavy atom. The van der Waals surface area contributed by atoms with E-state index < -0.39 is 5.79 Å². The Balaban J connectivity index is 2.65. The molecule has 1 aliphatic rings. The topological polar surface area (TPSA) is 18.5 Å². The molecule has 0 atom stereocenters. The van der Waals surface area contributed by atoms with Gasteiger partial charge in [0.25, 0.3) is 0 Å². The minimum Gasteiger partial charge on any atom is -0.463 e. The van der Waals surface area contributed by atoms with Gasteiger partial charge in [-0.3, -0.25) is 0 Å². The lowest BCUT2D eigenvalue weighted by Crippen LogP contribution is -2.31. The number of hydrogen-bond donors (Lipinski definition) is 0. The van der Waals surface area contributed by atoms with Crippen LogP contribution >= 0.6 is 0 Å². The molecule has 1 rings (SSSR count). The first-order chi connectivity index (χ1) is 4.64. The van der Waals surface area contributed by atoms with Crippen molar-refractivity contribution >= 4 is 0 Å². The van der Waals surface area contributed by atoms with Crippen molar-refractivity contribution in [2.75, 3.05) is 6.61 Å². The molecular weight excluding hydrogens is 128 g/mol. The zero-order chi connectivity index (χ0) is 7.61. The maximum absolute atomic E-state index is 5.34. The molecule has 0 unspecified atom stereocenters. The fourth-order valence-electron chi connectivity index (χ4n) is 0.804. The Bertz CT molecular complexity index is 168. The SMILES string of the molecule is C=CC1=CCOC(C)(C)O1. The molecule has 0 aromatic carbocycles. The number of ether oxygens (including phenoxy) is 2. The summed E-state index contributed by atoms with van der Waals surface area (Å²) in [5, 5.41) is 0. The van der Waals surface area contributed by atoms with Crippen LogP contribution in [0.5, 0.6) is 0 Å². The Hall–Kier alpha value is -0.760. The van der Waals surface area contributed by atoms with Crippen LogP contribution in [0, 0.1) is 0 Å². The van der Waals surface area contributed by atoms with E-state index in [1.54, 1.807) is 6.08 Å². The summed E-state index contributed by atoms with van der Waals surface area (Å²) in [5.41, 5.74) is 0. The smallest absolute Gasteiger partial charge is 0.205 e. The summed E-state index contributed by atoms with van der Waals surface area (Å²) in [4.78, 5) is 0. The lowest BCUT2D eigenvalue weighted by molar-refractivity contribution is -0.193. The van der Waals surface area contributed by atoms with Gasteiger partial charge in [0.15, 0.2) is 0 Å². The van der Waals surface area contributed by atoms with Crippen LogP contribution in [0.25, 0.3) is 0 Å². The molecule has 0 bridgehead atoms. The van der Waals surface area contributed by atoms with Gasteiger partial charge < -0.3 is 9.47 Å². The van der Waals surface area contributed by atoms with Crippen LogP contribution in [0.4, 0.5) is 0 Å². The monoisotopic (exact) mass is 140 g/mol. The number of hydrogen-bond acceptors (Lipinski definition) is 2. The van der Waals surface area contributed by atoms with Crippen molar-refractivity contribution < 1.29 is 9.47 Å². The first-order valence-corrected chi connectivity index (χ1v) is 3.29. The molecule has 0 aliphatic carbocycles. The summed E-state index contributed by atoms with van der Waals surface area (Å²) < 4.78 is 10.6. The van der Waals surface area contributed by atoms with Gasteiger partial charge in [0, 0.05) is 13.8 Å². The number of allylic oxidation sites excluding steroid dienone is 1. The predicted molar refractivity (Wildman–Crippen MR) is 39.4 cm³/mol. The molecular formula is C8H12O2. The van der Waals surface area contributed by atoms with E-state index in [1.165, 1.54) is 0 Å². The summed E-state index contributed by atoms with van der Waals surface area (Å²) >= 11 is 0. The van der Waals surface area contributed by atoms with Crippen LogP contribution in [0.15, 0.2) is 24.5 Å². The molecule has 0 N–H and O–H groups in total. The summed E-state index contributed by atoms with van der Waals surface area (Å²) in [6.07, 6.45) is 3.54. The molecule has 0 radical (unpaired) electrons. The van der Waals surface area contributed by atoms with Crippen LogP contribution in [-0.4, -0.2) is 12.4 Å². The van der Waals surface area contributed by atoms with Crippen LogP contribution in [0.3, 0.4) is 0 Å². The second-order valence-electron chi connectivity index (χ2n) is 2.62. The fraction of sp³-hybridized carbons (Fsp3) is 0.500. The van der Waals surface area contributed by atoms with E-state index in [-0.39, 0.29) is 0 Å². The van der Waals surface area contributed by atoms with Crippen molar-refractivity contribution in [1.29, 1.82) is 0 Å². The van der Waals surface area contributed by atoms with Gasteiger partial charge in [0.1, 0.15) is 5.76 Å². The van der Waals surface area contributed by atoms with E-state index in [2.05, 4.69) is 6.58 Å². The molecule has 0 spiro atoms. The summed E-state index contributed by atoms with van der Waals surface area (Å²) in [5.74, 6) is 0.314. The maximum atomic E-state index is 5.34. The normalized spacial score (nSPS) is 22.8. The van der Waals surface area contributed by atoms with E-state index in [4.69, 9.17) is 9.47 Å². The van der Waals surface area contributed by atoms with E-state index in [9.17, 15) is 0 Å². The molecule has 0 amide bonds. The Labute approximate surface area is 61.1 Å². The highest BCUT2D eigenvalue weighted by atomic mass is 16.7. The highest BCUT2D eigenvalue weighted by Crippen LogP contribution is 2.20. The highest BCUT2D eigenvalue weighted by molar-refractivity contribution is 5.10. The second-order valence-corrected chi connectivity index (χ2v) is 2.62. The van der Waals surface area contributed by atoms with Crippen molar-refractivity contribution in [2.24, 2.45) is 0 Å². The summed E-state index contributed by atoms with van der Waals surface area (Å²) in [7, 11) is 0. The molecule has 2 heteroatoms. The molecule has 56 valence electrons. The first-order valence-electron chi connectivity index (χ1n) is 3.29.